The number of hydrogen-bond donors (Lipinski definition) is 1. The van der Waals surface area contributed by atoms with Gasteiger partial charge >= 0.3 is 0 Å². The molecule has 1 aliphatic rings. The summed E-state index contributed by atoms with van der Waals surface area (Å²) in [5, 5.41) is 3.44. The zero-order valence-corrected chi connectivity index (χ0v) is 12.1. The van der Waals surface area contributed by atoms with Crippen LogP contribution in [0.2, 0.25) is 0 Å². The molecule has 0 aliphatic heterocycles. The summed E-state index contributed by atoms with van der Waals surface area (Å²) in [6.07, 6.45) is 6.30. The maximum Gasteiger partial charge on any atom is 0.130 e. The summed E-state index contributed by atoms with van der Waals surface area (Å²) >= 11 is 0. The predicted molar refractivity (Wildman–Crippen MR) is 76.3 cm³/mol. The van der Waals surface area contributed by atoms with Gasteiger partial charge in [-0.1, -0.05) is 6.92 Å². The van der Waals surface area contributed by atoms with E-state index in [0.29, 0.717) is 0 Å². The predicted octanol–water partition coefficient (Wildman–Crippen LogP) is 1.77. The molecular weight excluding hydrogens is 238 g/mol. The van der Waals surface area contributed by atoms with Crippen LogP contribution >= 0.6 is 0 Å². The molecule has 1 aliphatic carbocycles. The fourth-order valence-corrected chi connectivity index (χ4v) is 2.58. The SMILES string of the molecule is CCNCC1CCc2nc(CCOCC)ncc2C1. The van der Waals surface area contributed by atoms with Crippen molar-refractivity contribution in [2.24, 2.45) is 5.92 Å². The van der Waals surface area contributed by atoms with Crippen LogP contribution in [0.4, 0.5) is 0 Å². The average molecular weight is 263 g/mol. The first-order valence-electron chi connectivity index (χ1n) is 7.45. The Balaban J connectivity index is 1.92. The van der Waals surface area contributed by atoms with E-state index in [1.165, 1.54) is 17.7 Å². The molecule has 0 bridgehead atoms. The van der Waals surface area contributed by atoms with Crippen LogP contribution in [0.25, 0.3) is 0 Å². The van der Waals surface area contributed by atoms with Gasteiger partial charge in [-0.2, -0.15) is 0 Å². The van der Waals surface area contributed by atoms with E-state index in [2.05, 4.69) is 22.2 Å². The number of rotatable bonds is 7. The zero-order valence-electron chi connectivity index (χ0n) is 12.1. The van der Waals surface area contributed by atoms with Crippen LogP contribution in [-0.2, 0) is 24.0 Å². The smallest absolute Gasteiger partial charge is 0.130 e. The van der Waals surface area contributed by atoms with E-state index in [1.807, 2.05) is 13.1 Å². The van der Waals surface area contributed by atoms with Crippen molar-refractivity contribution in [2.45, 2.75) is 39.5 Å². The third-order valence-electron chi connectivity index (χ3n) is 3.66. The number of ether oxygens (including phenoxy) is 1. The molecule has 0 amide bonds. The maximum atomic E-state index is 5.35. The third kappa shape index (κ3) is 4.25. The number of aryl methyl sites for hydroxylation is 1. The quantitative estimate of drug-likeness (QED) is 0.762. The first-order chi connectivity index (χ1) is 9.33. The fourth-order valence-electron chi connectivity index (χ4n) is 2.58. The number of nitrogens with one attached hydrogen (secondary N) is 1. The summed E-state index contributed by atoms with van der Waals surface area (Å²) in [4.78, 5) is 9.16. The highest BCUT2D eigenvalue weighted by Gasteiger charge is 2.19. The summed E-state index contributed by atoms with van der Waals surface area (Å²) in [7, 11) is 0. The molecule has 106 valence electrons. The number of nitrogens with zero attached hydrogens (tertiary/aromatic N) is 2. The first-order valence-corrected chi connectivity index (χ1v) is 7.45. The monoisotopic (exact) mass is 263 g/mol. The molecule has 0 spiro atoms. The van der Waals surface area contributed by atoms with Gasteiger partial charge in [0, 0.05) is 24.9 Å². The van der Waals surface area contributed by atoms with Crippen molar-refractivity contribution in [3.63, 3.8) is 0 Å². The van der Waals surface area contributed by atoms with Crippen molar-refractivity contribution in [3.05, 3.63) is 23.3 Å². The van der Waals surface area contributed by atoms with Crippen LogP contribution in [0, 0.1) is 5.92 Å². The third-order valence-corrected chi connectivity index (χ3v) is 3.66. The molecule has 0 radical (unpaired) electrons. The van der Waals surface area contributed by atoms with Crippen molar-refractivity contribution < 1.29 is 4.74 Å². The van der Waals surface area contributed by atoms with Gasteiger partial charge in [0.2, 0.25) is 0 Å². The minimum Gasteiger partial charge on any atom is -0.381 e. The van der Waals surface area contributed by atoms with Gasteiger partial charge in [-0.05, 0) is 50.8 Å². The Morgan fingerprint density at radius 1 is 1.42 bits per heavy atom. The van der Waals surface area contributed by atoms with Crippen molar-refractivity contribution in [1.82, 2.24) is 15.3 Å². The molecule has 1 unspecified atom stereocenters. The lowest BCUT2D eigenvalue weighted by Gasteiger charge is -2.24. The Morgan fingerprint density at radius 3 is 3.11 bits per heavy atom. The summed E-state index contributed by atoms with van der Waals surface area (Å²) < 4.78 is 5.35. The summed E-state index contributed by atoms with van der Waals surface area (Å²) in [6.45, 7) is 7.82. The van der Waals surface area contributed by atoms with Gasteiger partial charge in [0.1, 0.15) is 5.82 Å². The molecule has 1 aromatic rings. The molecule has 19 heavy (non-hydrogen) atoms. The second-order valence-electron chi connectivity index (χ2n) is 5.12. The average Bonchev–Trinajstić information content (AvgIpc) is 2.45. The summed E-state index contributed by atoms with van der Waals surface area (Å²) in [5.41, 5.74) is 2.60. The second-order valence-corrected chi connectivity index (χ2v) is 5.12. The van der Waals surface area contributed by atoms with Crippen LogP contribution in [0.1, 0.15) is 37.4 Å². The van der Waals surface area contributed by atoms with E-state index < -0.39 is 0 Å². The Morgan fingerprint density at radius 2 is 2.32 bits per heavy atom. The Hall–Kier alpha value is -1.00. The Labute approximate surface area is 116 Å². The lowest BCUT2D eigenvalue weighted by atomic mass is 9.87. The van der Waals surface area contributed by atoms with E-state index in [-0.39, 0.29) is 0 Å². The Kier molecular flexibility index (Phi) is 5.73. The van der Waals surface area contributed by atoms with E-state index in [0.717, 1.165) is 57.3 Å². The van der Waals surface area contributed by atoms with Crippen molar-refractivity contribution in [3.8, 4) is 0 Å². The molecule has 0 aromatic carbocycles. The Bertz CT molecular complexity index is 395. The topological polar surface area (TPSA) is 47.0 Å². The summed E-state index contributed by atoms with van der Waals surface area (Å²) in [5.74, 6) is 1.67. The van der Waals surface area contributed by atoms with Gasteiger partial charge in [-0.3, -0.25) is 0 Å². The van der Waals surface area contributed by atoms with Gasteiger partial charge < -0.3 is 10.1 Å². The highest BCUT2D eigenvalue weighted by molar-refractivity contribution is 5.21. The zero-order chi connectivity index (χ0) is 13.5. The molecule has 4 heteroatoms. The maximum absolute atomic E-state index is 5.35. The molecule has 1 heterocycles. The molecular formula is C15H25N3O. The van der Waals surface area contributed by atoms with Crippen molar-refractivity contribution in [2.75, 3.05) is 26.3 Å². The van der Waals surface area contributed by atoms with Crippen LogP contribution < -0.4 is 5.32 Å². The van der Waals surface area contributed by atoms with Gasteiger partial charge in [-0.15, -0.1) is 0 Å². The molecule has 0 saturated carbocycles. The largest absolute Gasteiger partial charge is 0.381 e. The molecule has 1 aromatic heterocycles. The van der Waals surface area contributed by atoms with E-state index in [1.54, 1.807) is 0 Å². The fraction of sp³-hybridized carbons (Fsp3) is 0.733. The number of hydrogen-bond acceptors (Lipinski definition) is 4. The van der Waals surface area contributed by atoms with Crippen LogP contribution in [0.15, 0.2) is 6.20 Å². The molecule has 0 fully saturated rings. The number of fused-ring (bicyclic) bond motifs is 1. The molecule has 4 nitrogen and oxygen atoms in total. The molecule has 2 rings (SSSR count). The lowest BCUT2D eigenvalue weighted by molar-refractivity contribution is 0.149. The normalized spacial score (nSPS) is 18.3. The van der Waals surface area contributed by atoms with Gasteiger partial charge in [0.05, 0.1) is 6.61 Å². The van der Waals surface area contributed by atoms with Crippen molar-refractivity contribution in [1.29, 1.82) is 0 Å². The lowest BCUT2D eigenvalue weighted by Crippen LogP contribution is -2.27. The van der Waals surface area contributed by atoms with Crippen LogP contribution in [-0.4, -0.2) is 36.3 Å². The first kappa shape index (κ1) is 14.4. The minimum absolute atomic E-state index is 0.721. The van der Waals surface area contributed by atoms with Gasteiger partial charge in [0.25, 0.3) is 0 Å². The molecule has 1 N–H and O–H groups in total. The van der Waals surface area contributed by atoms with Gasteiger partial charge in [-0.25, -0.2) is 9.97 Å². The number of aromatic nitrogens is 2. The van der Waals surface area contributed by atoms with E-state index in [4.69, 9.17) is 4.74 Å². The second kappa shape index (κ2) is 7.56. The van der Waals surface area contributed by atoms with Crippen LogP contribution in [0.5, 0.6) is 0 Å². The van der Waals surface area contributed by atoms with Crippen LogP contribution in [0.3, 0.4) is 0 Å². The summed E-state index contributed by atoms with van der Waals surface area (Å²) in [6, 6.07) is 0. The molecule has 1 atom stereocenters. The van der Waals surface area contributed by atoms with Gasteiger partial charge in [0.15, 0.2) is 0 Å². The molecule has 0 saturated heterocycles. The van der Waals surface area contributed by atoms with E-state index >= 15 is 0 Å². The standard InChI is InChI=1S/C15H25N3O/c1-3-16-10-12-5-6-14-13(9-12)11-17-15(18-14)7-8-19-4-2/h11-12,16H,3-10H2,1-2H3. The van der Waals surface area contributed by atoms with E-state index in [9.17, 15) is 0 Å². The van der Waals surface area contributed by atoms with Crippen molar-refractivity contribution >= 4 is 0 Å². The highest BCUT2D eigenvalue weighted by atomic mass is 16.5. The highest BCUT2D eigenvalue weighted by Crippen LogP contribution is 2.23. The minimum atomic E-state index is 0.721.